The number of nitrogens with one attached hydrogen (secondary N) is 3. The van der Waals surface area contributed by atoms with Gasteiger partial charge < -0.3 is 4.98 Å². The number of hydrogen-bond donors (Lipinski definition) is 3. The van der Waals surface area contributed by atoms with Crippen molar-refractivity contribution in [1.82, 2.24) is 9.97 Å². The van der Waals surface area contributed by atoms with Crippen molar-refractivity contribution in [1.29, 1.82) is 0 Å². The van der Waals surface area contributed by atoms with Gasteiger partial charge in [0.1, 0.15) is 0 Å². The zero-order valence-corrected chi connectivity index (χ0v) is 12.7. The van der Waals surface area contributed by atoms with Gasteiger partial charge >= 0.3 is 5.69 Å². The quantitative estimate of drug-likeness (QED) is 0.783. The number of aryl methyl sites for hydroxylation is 2. The molecule has 0 bridgehead atoms. The van der Waals surface area contributed by atoms with Crippen LogP contribution in [0.25, 0.3) is 0 Å². The Morgan fingerprint density at radius 3 is 2.43 bits per heavy atom. The number of hydrogen-bond acceptors (Lipinski definition) is 4. The lowest BCUT2D eigenvalue weighted by molar-refractivity contribution is 0.599. The van der Waals surface area contributed by atoms with E-state index in [4.69, 9.17) is 11.6 Å². The second-order valence-corrected chi connectivity index (χ2v) is 6.54. The molecule has 1 aromatic carbocycles. The summed E-state index contributed by atoms with van der Waals surface area (Å²) in [5.74, 6) is 0. The minimum Gasteiger partial charge on any atom is -0.313 e. The lowest BCUT2D eigenvalue weighted by atomic mass is 10.1. The number of benzene rings is 1. The molecule has 0 saturated heterocycles. The summed E-state index contributed by atoms with van der Waals surface area (Å²) in [7, 11) is -4.17. The lowest BCUT2D eigenvalue weighted by Crippen LogP contribution is -2.29. The first-order valence-electron chi connectivity index (χ1n) is 5.82. The third kappa shape index (κ3) is 3.17. The molecule has 0 aliphatic heterocycles. The van der Waals surface area contributed by atoms with E-state index in [2.05, 4.69) is 9.71 Å². The molecule has 1 heterocycles. The van der Waals surface area contributed by atoms with Crippen LogP contribution < -0.4 is 16.0 Å². The van der Waals surface area contributed by atoms with Gasteiger partial charge in [-0.15, -0.1) is 0 Å². The van der Waals surface area contributed by atoms with Gasteiger partial charge in [0, 0.05) is 6.20 Å². The van der Waals surface area contributed by atoms with E-state index in [9.17, 15) is 18.0 Å². The maximum Gasteiger partial charge on any atom is 0.325 e. The summed E-state index contributed by atoms with van der Waals surface area (Å²) in [6.07, 6.45) is 0.834. The smallest absolute Gasteiger partial charge is 0.313 e. The molecule has 0 aliphatic rings. The van der Waals surface area contributed by atoms with Crippen LogP contribution in [0.3, 0.4) is 0 Å². The molecular weight excluding hydrogens is 318 g/mol. The fourth-order valence-electron chi connectivity index (χ4n) is 1.83. The molecule has 0 unspecified atom stereocenters. The zero-order chi connectivity index (χ0) is 15.8. The highest BCUT2D eigenvalue weighted by Gasteiger charge is 2.21. The Morgan fingerprint density at radius 2 is 1.86 bits per heavy atom. The van der Waals surface area contributed by atoms with Crippen molar-refractivity contribution >= 4 is 27.3 Å². The average molecular weight is 330 g/mol. The molecule has 21 heavy (non-hydrogen) atoms. The molecule has 0 amide bonds. The summed E-state index contributed by atoms with van der Waals surface area (Å²) < 4.78 is 26.7. The van der Waals surface area contributed by atoms with Gasteiger partial charge in [-0.3, -0.25) is 14.5 Å². The summed E-state index contributed by atoms with van der Waals surface area (Å²) in [5.41, 5.74) is -0.115. The predicted octanol–water partition coefficient (Wildman–Crippen LogP) is 1.13. The van der Waals surface area contributed by atoms with E-state index in [0.29, 0.717) is 5.56 Å². The van der Waals surface area contributed by atoms with Crippen LogP contribution in [0.2, 0.25) is 5.02 Å². The number of anilines is 1. The molecule has 0 atom stereocenters. The van der Waals surface area contributed by atoms with E-state index in [1.54, 1.807) is 19.1 Å². The van der Waals surface area contributed by atoms with Crippen LogP contribution in [0.15, 0.2) is 32.8 Å². The van der Waals surface area contributed by atoms with E-state index < -0.39 is 26.2 Å². The number of aromatic amines is 2. The summed E-state index contributed by atoms with van der Waals surface area (Å²) in [6.45, 7) is 3.51. The molecule has 2 rings (SSSR count). The number of sulfonamides is 1. The van der Waals surface area contributed by atoms with Crippen molar-refractivity contribution in [3.63, 3.8) is 0 Å². The fourth-order valence-corrected chi connectivity index (χ4v) is 3.41. The van der Waals surface area contributed by atoms with Gasteiger partial charge in [-0.25, -0.2) is 13.2 Å². The van der Waals surface area contributed by atoms with Gasteiger partial charge in [0.15, 0.2) is 4.90 Å². The van der Waals surface area contributed by atoms with Gasteiger partial charge in [0.05, 0.1) is 10.7 Å². The zero-order valence-electron chi connectivity index (χ0n) is 11.2. The Kier molecular flexibility index (Phi) is 3.93. The Morgan fingerprint density at radius 1 is 1.19 bits per heavy atom. The summed E-state index contributed by atoms with van der Waals surface area (Å²) >= 11 is 6.02. The molecule has 112 valence electrons. The summed E-state index contributed by atoms with van der Waals surface area (Å²) in [5, 5.41) is 0.219. The minimum atomic E-state index is -4.17. The predicted molar refractivity (Wildman–Crippen MR) is 79.4 cm³/mol. The second-order valence-electron chi connectivity index (χ2n) is 4.48. The van der Waals surface area contributed by atoms with Crippen molar-refractivity contribution in [2.75, 3.05) is 4.72 Å². The molecule has 1 aromatic heterocycles. The molecule has 0 spiro atoms. The first-order valence-corrected chi connectivity index (χ1v) is 7.68. The maximum absolute atomic E-state index is 12.2. The average Bonchev–Trinajstić information content (AvgIpc) is 2.33. The normalized spacial score (nSPS) is 11.4. The fraction of sp³-hybridized carbons (Fsp3) is 0.167. The van der Waals surface area contributed by atoms with Crippen LogP contribution >= 0.6 is 11.6 Å². The van der Waals surface area contributed by atoms with E-state index in [1.165, 1.54) is 0 Å². The molecule has 0 fully saturated rings. The maximum atomic E-state index is 12.2. The number of rotatable bonds is 3. The highest BCUT2D eigenvalue weighted by molar-refractivity contribution is 7.92. The number of halogens is 1. The van der Waals surface area contributed by atoms with Crippen molar-refractivity contribution in [3.05, 3.63) is 55.3 Å². The molecule has 3 N–H and O–H groups in total. The molecular formula is C12H12ClN3O4S. The van der Waals surface area contributed by atoms with Crippen molar-refractivity contribution in [3.8, 4) is 0 Å². The van der Waals surface area contributed by atoms with Crippen molar-refractivity contribution in [2.24, 2.45) is 0 Å². The molecule has 2 aromatic rings. The Labute approximate surface area is 125 Å². The first-order chi connectivity index (χ1) is 9.70. The number of H-pyrrole nitrogens is 2. The van der Waals surface area contributed by atoms with E-state index in [0.717, 1.165) is 11.8 Å². The topological polar surface area (TPSA) is 112 Å². The summed E-state index contributed by atoms with van der Waals surface area (Å²) in [6, 6.07) is 3.35. The highest BCUT2D eigenvalue weighted by Crippen LogP contribution is 2.28. The Balaban J connectivity index is 2.52. The van der Waals surface area contributed by atoms with Gasteiger partial charge in [0.2, 0.25) is 0 Å². The standard InChI is InChI=1S/C12H12ClN3O4S/c1-6-3-7(2)10(8(13)4-6)16-21(19,20)9-5-14-12(18)15-11(9)17/h3-5,16H,1-2H3,(H2,14,15,17,18). The van der Waals surface area contributed by atoms with Crippen molar-refractivity contribution < 1.29 is 8.42 Å². The van der Waals surface area contributed by atoms with Crippen LogP contribution in [0, 0.1) is 13.8 Å². The molecule has 0 radical (unpaired) electrons. The monoisotopic (exact) mass is 329 g/mol. The van der Waals surface area contributed by atoms with Gasteiger partial charge in [-0.1, -0.05) is 17.7 Å². The molecule has 9 heteroatoms. The van der Waals surface area contributed by atoms with E-state index in [1.807, 2.05) is 11.9 Å². The van der Waals surface area contributed by atoms with Gasteiger partial charge in [-0.05, 0) is 31.0 Å². The molecule has 7 nitrogen and oxygen atoms in total. The van der Waals surface area contributed by atoms with Gasteiger partial charge in [0.25, 0.3) is 15.6 Å². The lowest BCUT2D eigenvalue weighted by Gasteiger charge is -2.12. The third-order valence-corrected chi connectivity index (χ3v) is 4.40. The van der Waals surface area contributed by atoms with Crippen LogP contribution in [-0.4, -0.2) is 18.4 Å². The van der Waals surface area contributed by atoms with Crippen LogP contribution in [-0.2, 0) is 10.0 Å². The van der Waals surface area contributed by atoms with E-state index in [-0.39, 0.29) is 10.7 Å². The first kappa shape index (κ1) is 15.3. The summed E-state index contributed by atoms with van der Waals surface area (Å²) in [4.78, 5) is 25.9. The number of aromatic nitrogens is 2. The second kappa shape index (κ2) is 5.38. The van der Waals surface area contributed by atoms with E-state index >= 15 is 0 Å². The van der Waals surface area contributed by atoms with Crippen LogP contribution in [0.5, 0.6) is 0 Å². The highest BCUT2D eigenvalue weighted by atomic mass is 35.5. The van der Waals surface area contributed by atoms with Gasteiger partial charge in [-0.2, -0.15) is 0 Å². The Bertz CT molecular complexity index is 892. The minimum absolute atomic E-state index is 0.188. The largest absolute Gasteiger partial charge is 0.325 e. The SMILES string of the molecule is Cc1cc(C)c(NS(=O)(=O)c2c[nH]c(=O)[nH]c2=O)c(Cl)c1. The van der Waals surface area contributed by atoms with Crippen LogP contribution in [0.4, 0.5) is 5.69 Å². The molecule has 0 aliphatic carbocycles. The van der Waals surface area contributed by atoms with Crippen LogP contribution in [0.1, 0.15) is 11.1 Å². The third-order valence-electron chi connectivity index (χ3n) is 2.74. The Hall–Kier alpha value is -2.06. The van der Waals surface area contributed by atoms with Crippen molar-refractivity contribution in [2.45, 2.75) is 18.7 Å². The molecule has 0 saturated carbocycles.